The highest BCUT2D eigenvalue weighted by Gasteiger charge is 2.16. The van der Waals surface area contributed by atoms with E-state index in [4.69, 9.17) is 5.11 Å². The first kappa shape index (κ1) is 8.49. The van der Waals surface area contributed by atoms with Crippen LogP contribution in [0.25, 0.3) is 5.52 Å². The summed E-state index contributed by atoms with van der Waals surface area (Å²) in [6.45, 7) is 1.61. The van der Waals surface area contributed by atoms with Crippen molar-refractivity contribution in [2.75, 3.05) is 0 Å². The Morgan fingerprint density at radius 2 is 2.29 bits per heavy atom. The number of carboxylic acids is 1. The minimum absolute atomic E-state index is 0.00741. The molecule has 6 nitrogen and oxygen atoms in total. The van der Waals surface area contributed by atoms with Crippen LogP contribution in [0, 0.1) is 6.92 Å². The zero-order valence-electron chi connectivity index (χ0n) is 7.30. The lowest BCUT2D eigenvalue weighted by Gasteiger charge is -1.97. The summed E-state index contributed by atoms with van der Waals surface area (Å²) in [5.41, 5.74) is 0.665. The number of aromatic nitrogens is 3. The second-order valence-corrected chi connectivity index (χ2v) is 2.85. The zero-order chi connectivity index (χ0) is 10.3. The SMILES string of the molecule is Cc1c(O)cn2ncnc(C(=O)O)c12. The Labute approximate surface area is 78.4 Å². The van der Waals surface area contributed by atoms with E-state index in [9.17, 15) is 9.90 Å². The quantitative estimate of drug-likeness (QED) is 0.686. The third-order valence-corrected chi connectivity index (χ3v) is 2.00. The van der Waals surface area contributed by atoms with Gasteiger partial charge in [0.05, 0.1) is 6.20 Å². The van der Waals surface area contributed by atoms with Crippen molar-refractivity contribution < 1.29 is 15.0 Å². The highest BCUT2D eigenvalue weighted by molar-refractivity contribution is 5.94. The Hall–Kier alpha value is -2.11. The molecule has 2 N–H and O–H groups in total. The fourth-order valence-electron chi connectivity index (χ4n) is 1.30. The maximum atomic E-state index is 10.8. The summed E-state index contributed by atoms with van der Waals surface area (Å²) in [6.07, 6.45) is 2.48. The lowest BCUT2D eigenvalue weighted by atomic mass is 10.2. The number of hydrogen-bond acceptors (Lipinski definition) is 4. The molecular formula is C8H7N3O3. The number of carbonyl (C=O) groups is 1. The van der Waals surface area contributed by atoms with Gasteiger partial charge in [-0.1, -0.05) is 0 Å². The number of carboxylic acid groups (broad SMARTS) is 1. The van der Waals surface area contributed by atoms with Crippen molar-refractivity contribution in [2.24, 2.45) is 0 Å². The third kappa shape index (κ3) is 1.00. The number of aromatic carboxylic acids is 1. The van der Waals surface area contributed by atoms with Gasteiger partial charge in [0, 0.05) is 5.56 Å². The van der Waals surface area contributed by atoms with E-state index < -0.39 is 5.97 Å². The van der Waals surface area contributed by atoms with E-state index in [1.54, 1.807) is 6.92 Å². The van der Waals surface area contributed by atoms with Crippen molar-refractivity contribution >= 4 is 11.5 Å². The molecule has 0 spiro atoms. The molecule has 14 heavy (non-hydrogen) atoms. The van der Waals surface area contributed by atoms with Crippen LogP contribution in [0.3, 0.4) is 0 Å². The summed E-state index contributed by atoms with van der Waals surface area (Å²) >= 11 is 0. The molecule has 0 unspecified atom stereocenters. The first-order valence-electron chi connectivity index (χ1n) is 3.86. The van der Waals surface area contributed by atoms with Crippen LogP contribution < -0.4 is 0 Å². The van der Waals surface area contributed by atoms with Gasteiger partial charge in [-0.25, -0.2) is 14.3 Å². The normalized spacial score (nSPS) is 10.6. The summed E-state index contributed by atoms with van der Waals surface area (Å²) in [4.78, 5) is 14.4. The van der Waals surface area contributed by atoms with Crippen molar-refractivity contribution in [1.29, 1.82) is 0 Å². The van der Waals surface area contributed by atoms with Crippen LogP contribution in [0.1, 0.15) is 16.1 Å². The standard InChI is InChI=1S/C8H7N3O3/c1-4-5(12)2-11-7(4)6(8(13)14)9-3-10-11/h2-3,12H,1H3,(H,13,14). The molecule has 0 saturated heterocycles. The van der Waals surface area contributed by atoms with Crippen molar-refractivity contribution in [2.45, 2.75) is 6.92 Å². The van der Waals surface area contributed by atoms with Crippen LogP contribution in [0.4, 0.5) is 0 Å². The molecule has 0 fully saturated rings. The van der Waals surface area contributed by atoms with E-state index in [-0.39, 0.29) is 11.4 Å². The van der Waals surface area contributed by atoms with Gasteiger partial charge in [0.2, 0.25) is 0 Å². The van der Waals surface area contributed by atoms with Crippen LogP contribution in [-0.4, -0.2) is 30.8 Å². The molecule has 0 aromatic carbocycles. The van der Waals surface area contributed by atoms with Gasteiger partial charge in [0.1, 0.15) is 17.6 Å². The minimum Gasteiger partial charge on any atom is -0.506 e. The van der Waals surface area contributed by atoms with E-state index in [0.29, 0.717) is 11.1 Å². The number of nitrogens with zero attached hydrogens (tertiary/aromatic N) is 3. The maximum Gasteiger partial charge on any atom is 0.356 e. The summed E-state index contributed by atoms with van der Waals surface area (Å²) in [5.74, 6) is -1.13. The lowest BCUT2D eigenvalue weighted by Crippen LogP contribution is -2.05. The predicted octanol–water partition coefficient (Wildman–Crippen LogP) is 0.442. The molecule has 2 rings (SSSR count). The molecule has 2 aromatic heterocycles. The average molecular weight is 193 g/mol. The molecule has 2 aromatic rings. The summed E-state index contributed by atoms with van der Waals surface area (Å²) < 4.78 is 1.29. The topological polar surface area (TPSA) is 87.7 Å². The van der Waals surface area contributed by atoms with Crippen molar-refractivity contribution in [3.05, 3.63) is 23.8 Å². The van der Waals surface area contributed by atoms with Crippen LogP contribution in [-0.2, 0) is 0 Å². The van der Waals surface area contributed by atoms with Gasteiger partial charge in [0.15, 0.2) is 5.69 Å². The number of aromatic hydroxyl groups is 1. The molecule has 0 bridgehead atoms. The molecular weight excluding hydrogens is 186 g/mol. The fraction of sp³-hybridized carbons (Fsp3) is 0.125. The van der Waals surface area contributed by atoms with E-state index in [1.807, 2.05) is 0 Å². The zero-order valence-corrected chi connectivity index (χ0v) is 7.30. The van der Waals surface area contributed by atoms with Gasteiger partial charge in [-0.15, -0.1) is 0 Å². The third-order valence-electron chi connectivity index (χ3n) is 2.00. The Bertz CT molecular complexity index is 518. The van der Waals surface area contributed by atoms with E-state index in [1.165, 1.54) is 10.7 Å². The molecule has 0 aliphatic heterocycles. The van der Waals surface area contributed by atoms with E-state index >= 15 is 0 Å². The Balaban J connectivity index is 2.91. The predicted molar refractivity (Wildman–Crippen MR) is 46.3 cm³/mol. The van der Waals surface area contributed by atoms with Crippen molar-refractivity contribution in [3.63, 3.8) is 0 Å². The Morgan fingerprint density at radius 1 is 1.57 bits per heavy atom. The smallest absolute Gasteiger partial charge is 0.356 e. The monoisotopic (exact) mass is 193 g/mol. The maximum absolute atomic E-state index is 10.8. The van der Waals surface area contributed by atoms with E-state index in [0.717, 1.165) is 6.33 Å². The number of rotatable bonds is 1. The number of aryl methyl sites for hydroxylation is 1. The average Bonchev–Trinajstić information content (AvgIpc) is 2.43. The molecule has 0 aliphatic carbocycles. The second-order valence-electron chi connectivity index (χ2n) is 2.85. The first-order chi connectivity index (χ1) is 6.61. The fourth-order valence-corrected chi connectivity index (χ4v) is 1.30. The molecule has 2 heterocycles. The Morgan fingerprint density at radius 3 is 2.93 bits per heavy atom. The second kappa shape index (κ2) is 2.69. The summed E-state index contributed by atoms with van der Waals surface area (Å²) in [7, 11) is 0. The molecule has 72 valence electrons. The van der Waals surface area contributed by atoms with Crippen LogP contribution >= 0.6 is 0 Å². The molecule has 0 atom stereocenters. The van der Waals surface area contributed by atoms with Crippen LogP contribution in [0.15, 0.2) is 12.5 Å². The van der Waals surface area contributed by atoms with E-state index in [2.05, 4.69) is 10.1 Å². The molecule has 0 radical (unpaired) electrons. The van der Waals surface area contributed by atoms with Gasteiger partial charge in [-0.05, 0) is 6.92 Å². The van der Waals surface area contributed by atoms with Gasteiger partial charge in [-0.2, -0.15) is 5.10 Å². The van der Waals surface area contributed by atoms with Gasteiger partial charge < -0.3 is 10.2 Å². The lowest BCUT2D eigenvalue weighted by molar-refractivity contribution is 0.0692. The number of fused-ring (bicyclic) bond motifs is 1. The minimum atomic E-state index is -1.14. The first-order valence-corrected chi connectivity index (χ1v) is 3.86. The van der Waals surface area contributed by atoms with Crippen molar-refractivity contribution in [3.8, 4) is 5.75 Å². The molecule has 0 amide bonds. The molecule has 6 heteroatoms. The number of hydrogen-bond donors (Lipinski definition) is 2. The van der Waals surface area contributed by atoms with Crippen LogP contribution in [0.2, 0.25) is 0 Å². The Kier molecular flexibility index (Phi) is 1.63. The molecule has 0 saturated carbocycles. The summed E-state index contributed by atoms with van der Waals surface area (Å²) in [5, 5.41) is 22.0. The molecule has 0 aliphatic rings. The highest BCUT2D eigenvalue weighted by atomic mass is 16.4. The van der Waals surface area contributed by atoms with Crippen molar-refractivity contribution in [1.82, 2.24) is 14.6 Å². The van der Waals surface area contributed by atoms with Crippen LogP contribution in [0.5, 0.6) is 5.75 Å². The largest absolute Gasteiger partial charge is 0.506 e. The van der Waals surface area contributed by atoms with Gasteiger partial charge in [0.25, 0.3) is 0 Å². The van der Waals surface area contributed by atoms with Gasteiger partial charge in [-0.3, -0.25) is 0 Å². The summed E-state index contributed by atoms with van der Waals surface area (Å²) in [6, 6.07) is 0. The highest BCUT2D eigenvalue weighted by Crippen LogP contribution is 2.23. The van der Waals surface area contributed by atoms with Gasteiger partial charge >= 0.3 is 5.97 Å².